The van der Waals surface area contributed by atoms with Crippen LogP contribution in [0, 0.1) is 6.92 Å². The van der Waals surface area contributed by atoms with E-state index in [1.807, 2.05) is 67.8 Å². The second-order valence-corrected chi connectivity index (χ2v) is 6.64. The van der Waals surface area contributed by atoms with Crippen molar-refractivity contribution in [1.82, 2.24) is 25.1 Å². The summed E-state index contributed by atoms with van der Waals surface area (Å²) in [6.45, 7) is 1.97. The summed E-state index contributed by atoms with van der Waals surface area (Å²) in [6.07, 6.45) is 3.75. The lowest BCUT2D eigenvalue weighted by atomic mass is 10.1. The van der Waals surface area contributed by atoms with Crippen LogP contribution in [0.5, 0.6) is 0 Å². The molecule has 0 aliphatic heterocycles. The van der Waals surface area contributed by atoms with Gasteiger partial charge in [-0.25, -0.2) is 4.98 Å². The molecule has 4 aromatic heterocycles. The van der Waals surface area contributed by atoms with Gasteiger partial charge in [0, 0.05) is 29.2 Å². The third kappa shape index (κ3) is 2.93. The average molecular weight is 363 g/mol. The maximum Gasteiger partial charge on any atom is 0.120 e. The summed E-state index contributed by atoms with van der Waals surface area (Å²) in [5, 5.41) is 7.36. The zero-order chi connectivity index (χ0) is 18.9. The van der Waals surface area contributed by atoms with Crippen LogP contribution in [0.2, 0.25) is 0 Å². The Kier molecular flexibility index (Phi) is 3.91. The fraction of sp³-hybridized carbons (Fsp3) is 0.0435. The van der Waals surface area contributed by atoms with Gasteiger partial charge in [0.2, 0.25) is 0 Å². The highest BCUT2D eigenvalue weighted by atomic mass is 15.1. The standard InChI is InChI=1S/C23H17N5/c1-15-6-5-9-21(26-15)23-18(14-25-28-23)19-10-11-20-22(27-19)12-17(13-24-20)16-7-3-2-4-8-16/h2-14H,1H3,(H,25,28). The van der Waals surface area contributed by atoms with Crippen molar-refractivity contribution in [3.8, 4) is 33.8 Å². The number of benzene rings is 1. The average Bonchev–Trinajstić information content (AvgIpc) is 3.23. The topological polar surface area (TPSA) is 67.3 Å². The molecule has 5 aromatic rings. The van der Waals surface area contributed by atoms with Gasteiger partial charge in [-0.15, -0.1) is 0 Å². The molecule has 0 bridgehead atoms. The lowest BCUT2D eigenvalue weighted by molar-refractivity contribution is 1.08. The van der Waals surface area contributed by atoms with E-state index in [0.29, 0.717) is 0 Å². The molecule has 0 radical (unpaired) electrons. The van der Waals surface area contributed by atoms with Gasteiger partial charge in [0.05, 0.1) is 22.4 Å². The minimum absolute atomic E-state index is 0.794. The minimum Gasteiger partial charge on any atom is -0.284 e. The molecule has 1 aromatic carbocycles. The summed E-state index contributed by atoms with van der Waals surface area (Å²) >= 11 is 0. The summed E-state index contributed by atoms with van der Waals surface area (Å²) in [5.74, 6) is 0. The summed E-state index contributed by atoms with van der Waals surface area (Å²) < 4.78 is 0. The molecular formula is C23H17N5. The quantitative estimate of drug-likeness (QED) is 0.487. The molecule has 0 unspecified atom stereocenters. The Morgan fingerprint density at radius 1 is 0.750 bits per heavy atom. The third-order valence-electron chi connectivity index (χ3n) is 4.69. The van der Waals surface area contributed by atoms with Crippen LogP contribution in [0.15, 0.2) is 79.1 Å². The number of hydrogen-bond acceptors (Lipinski definition) is 4. The number of rotatable bonds is 3. The number of pyridine rings is 3. The van der Waals surface area contributed by atoms with E-state index in [0.717, 1.165) is 50.5 Å². The van der Waals surface area contributed by atoms with Crippen LogP contribution in [0.25, 0.3) is 44.8 Å². The highest BCUT2D eigenvalue weighted by Gasteiger charge is 2.14. The van der Waals surface area contributed by atoms with Crippen LogP contribution in [0.1, 0.15) is 5.69 Å². The first-order valence-electron chi connectivity index (χ1n) is 9.08. The van der Waals surface area contributed by atoms with Crippen LogP contribution < -0.4 is 0 Å². The van der Waals surface area contributed by atoms with Gasteiger partial charge in [-0.1, -0.05) is 36.4 Å². The van der Waals surface area contributed by atoms with Crippen molar-refractivity contribution < 1.29 is 0 Å². The summed E-state index contributed by atoms with van der Waals surface area (Å²) in [4.78, 5) is 14.0. The van der Waals surface area contributed by atoms with Crippen LogP contribution in [-0.2, 0) is 0 Å². The van der Waals surface area contributed by atoms with Gasteiger partial charge in [0.25, 0.3) is 0 Å². The molecule has 0 amide bonds. The number of hydrogen-bond donors (Lipinski definition) is 1. The molecule has 0 aliphatic rings. The fourth-order valence-corrected chi connectivity index (χ4v) is 3.30. The molecule has 5 heteroatoms. The van der Waals surface area contributed by atoms with Gasteiger partial charge in [0.1, 0.15) is 5.69 Å². The van der Waals surface area contributed by atoms with E-state index >= 15 is 0 Å². The summed E-state index contributed by atoms with van der Waals surface area (Å²) in [7, 11) is 0. The predicted molar refractivity (Wildman–Crippen MR) is 111 cm³/mol. The zero-order valence-electron chi connectivity index (χ0n) is 15.3. The maximum atomic E-state index is 4.86. The first-order valence-corrected chi connectivity index (χ1v) is 9.08. The van der Waals surface area contributed by atoms with E-state index in [2.05, 4.69) is 38.4 Å². The van der Waals surface area contributed by atoms with E-state index in [9.17, 15) is 0 Å². The molecule has 0 saturated carbocycles. The molecule has 1 N–H and O–H groups in total. The second kappa shape index (κ2) is 6.70. The molecule has 4 heterocycles. The van der Waals surface area contributed by atoms with Gasteiger partial charge in [-0.05, 0) is 42.8 Å². The lowest BCUT2D eigenvalue weighted by Crippen LogP contribution is -1.92. The van der Waals surface area contributed by atoms with E-state index < -0.39 is 0 Å². The Morgan fingerprint density at radius 3 is 2.50 bits per heavy atom. The predicted octanol–water partition coefficient (Wildman–Crippen LogP) is 5.06. The van der Waals surface area contributed by atoms with Gasteiger partial charge < -0.3 is 0 Å². The van der Waals surface area contributed by atoms with Crippen molar-refractivity contribution in [2.45, 2.75) is 6.92 Å². The summed E-state index contributed by atoms with van der Waals surface area (Å²) in [6, 6.07) is 22.2. The summed E-state index contributed by atoms with van der Waals surface area (Å²) in [5.41, 5.74) is 8.22. The first-order chi connectivity index (χ1) is 13.8. The van der Waals surface area contributed by atoms with Crippen molar-refractivity contribution in [3.63, 3.8) is 0 Å². The van der Waals surface area contributed by atoms with Crippen molar-refractivity contribution in [3.05, 3.63) is 84.8 Å². The van der Waals surface area contributed by atoms with Crippen molar-refractivity contribution in [2.75, 3.05) is 0 Å². The highest BCUT2D eigenvalue weighted by molar-refractivity contribution is 5.85. The Balaban J connectivity index is 1.62. The molecule has 28 heavy (non-hydrogen) atoms. The van der Waals surface area contributed by atoms with Gasteiger partial charge in [-0.2, -0.15) is 5.10 Å². The van der Waals surface area contributed by atoms with Crippen LogP contribution in [-0.4, -0.2) is 25.1 Å². The smallest absolute Gasteiger partial charge is 0.120 e. The number of nitrogens with zero attached hydrogens (tertiary/aromatic N) is 4. The number of aromatic amines is 1. The van der Waals surface area contributed by atoms with E-state index in [1.54, 1.807) is 0 Å². The largest absolute Gasteiger partial charge is 0.284 e. The Morgan fingerprint density at radius 2 is 1.64 bits per heavy atom. The van der Waals surface area contributed by atoms with E-state index in [4.69, 9.17) is 4.98 Å². The highest BCUT2D eigenvalue weighted by Crippen LogP contribution is 2.30. The van der Waals surface area contributed by atoms with Crippen LogP contribution >= 0.6 is 0 Å². The van der Waals surface area contributed by atoms with Crippen LogP contribution in [0.3, 0.4) is 0 Å². The molecule has 0 saturated heterocycles. The van der Waals surface area contributed by atoms with E-state index in [1.165, 1.54) is 0 Å². The lowest BCUT2D eigenvalue weighted by Gasteiger charge is -2.06. The Hall–Kier alpha value is -3.86. The Bertz CT molecular complexity index is 1270. The fourth-order valence-electron chi connectivity index (χ4n) is 3.30. The molecule has 0 fully saturated rings. The number of aryl methyl sites for hydroxylation is 1. The first kappa shape index (κ1) is 16.3. The number of fused-ring (bicyclic) bond motifs is 1. The molecular weight excluding hydrogens is 346 g/mol. The molecule has 0 spiro atoms. The Labute approximate surface area is 162 Å². The number of H-pyrrole nitrogens is 1. The minimum atomic E-state index is 0.794. The number of nitrogens with one attached hydrogen (secondary N) is 1. The van der Waals surface area contributed by atoms with E-state index in [-0.39, 0.29) is 0 Å². The monoisotopic (exact) mass is 363 g/mol. The van der Waals surface area contributed by atoms with Gasteiger partial charge >= 0.3 is 0 Å². The van der Waals surface area contributed by atoms with Gasteiger partial charge in [-0.3, -0.25) is 15.1 Å². The normalized spacial score (nSPS) is 11.0. The third-order valence-corrected chi connectivity index (χ3v) is 4.69. The molecule has 0 atom stereocenters. The maximum absolute atomic E-state index is 4.86. The number of aromatic nitrogens is 5. The van der Waals surface area contributed by atoms with Crippen LogP contribution in [0.4, 0.5) is 0 Å². The second-order valence-electron chi connectivity index (χ2n) is 6.64. The molecule has 134 valence electrons. The molecule has 5 rings (SSSR count). The SMILES string of the molecule is Cc1cccc(-c2n[nH]cc2-c2ccc3ncc(-c4ccccc4)cc3n2)n1. The van der Waals surface area contributed by atoms with Crippen molar-refractivity contribution >= 4 is 11.0 Å². The van der Waals surface area contributed by atoms with Crippen molar-refractivity contribution in [2.24, 2.45) is 0 Å². The van der Waals surface area contributed by atoms with Crippen molar-refractivity contribution in [1.29, 1.82) is 0 Å². The zero-order valence-corrected chi connectivity index (χ0v) is 15.3. The molecule has 0 aliphatic carbocycles. The molecule has 5 nitrogen and oxygen atoms in total. The van der Waals surface area contributed by atoms with Gasteiger partial charge in [0.15, 0.2) is 0 Å².